The number of pyridine rings is 1. The van der Waals surface area contributed by atoms with Gasteiger partial charge in [0.05, 0.1) is 5.51 Å². The Morgan fingerprint density at radius 2 is 1.83 bits per heavy atom. The van der Waals surface area contributed by atoms with Crippen LogP contribution >= 0.6 is 11.3 Å². The second kappa shape index (κ2) is 10.3. The Bertz CT molecular complexity index is 1490. The number of carbonyl (C=O) groups excluding carboxylic acids is 1. The van der Waals surface area contributed by atoms with Crippen molar-refractivity contribution < 1.29 is 31.2 Å². The molecule has 0 saturated carbocycles. The van der Waals surface area contributed by atoms with Gasteiger partial charge in [-0.3, -0.25) is 9.78 Å². The van der Waals surface area contributed by atoms with Crippen LogP contribution in [0.5, 0.6) is 0 Å². The largest absolute Gasteiger partial charge is 0.381 e. The molecule has 0 radical (unpaired) electrons. The van der Waals surface area contributed by atoms with Crippen LogP contribution in [-0.4, -0.2) is 24.9 Å². The van der Waals surface area contributed by atoms with E-state index in [1.807, 2.05) is 0 Å². The molecule has 0 aliphatic heterocycles. The summed E-state index contributed by atoms with van der Waals surface area (Å²) in [5.74, 6) is -3.80. The number of anilines is 2. The number of hydrogen-bond acceptors (Lipinski definition) is 8. The molecule has 0 amide bonds. The van der Waals surface area contributed by atoms with Crippen molar-refractivity contribution >= 4 is 39.3 Å². The van der Waals surface area contributed by atoms with Crippen molar-refractivity contribution in [3.05, 3.63) is 88.3 Å². The third-order valence-electron chi connectivity index (χ3n) is 5.02. The minimum Gasteiger partial charge on any atom is -0.381 e. The molecule has 0 saturated heterocycles. The summed E-state index contributed by atoms with van der Waals surface area (Å²) in [7, 11) is -5.00. The molecule has 2 aromatic heterocycles. The first-order valence-electron chi connectivity index (χ1n) is 10.2. The van der Waals surface area contributed by atoms with Gasteiger partial charge in [-0.05, 0) is 48.4 Å². The number of halogens is 3. The summed E-state index contributed by atoms with van der Waals surface area (Å²) < 4.78 is 70.3. The van der Waals surface area contributed by atoms with Crippen LogP contribution in [0.1, 0.15) is 11.3 Å². The zero-order valence-corrected chi connectivity index (χ0v) is 20.1. The molecule has 13 heteroatoms. The number of aromatic nitrogens is 2. The molecule has 4 rings (SSSR count). The summed E-state index contributed by atoms with van der Waals surface area (Å²) in [4.78, 5) is 21.7. The molecule has 4 aromatic rings. The lowest BCUT2D eigenvalue weighted by Gasteiger charge is -2.19. The molecule has 0 bridgehead atoms. The van der Waals surface area contributed by atoms with Gasteiger partial charge in [0, 0.05) is 35.1 Å². The van der Waals surface area contributed by atoms with Crippen molar-refractivity contribution in [3.63, 3.8) is 0 Å². The molecule has 186 valence electrons. The highest BCUT2D eigenvalue weighted by molar-refractivity contribution is 7.92. The third kappa shape index (κ3) is 5.02. The van der Waals surface area contributed by atoms with Crippen LogP contribution in [0, 0.1) is 24.4 Å². The molecular formula is C23H17F3N4O4S2. The molecule has 2 aromatic carbocycles. The molecule has 36 heavy (non-hydrogen) atoms. The van der Waals surface area contributed by atoms with E-state index >= 15 is 0 Å². The first-order chi connectivity index (χ1) is 17.2. The van der Waals surface area contributed by atoms with Gasteiger partial charge in [0.15, 0.2) is 10.7 Å². The van der Waals surface area contributed by atoms with E-state index in [0.29, 0.717) is 11.1 Å². The average molecular weight is 535 g/mol. The topological polar surface area (TPSA) is 101 Å². The van der Waals surface area contributed by atoms with Gasteiger partial charge in [-0.25, -0.2) is 18.2 Å². The number of carbonyl (C=O) groups is 1. The molecule has 2 heterocycles. The summed E-state index contributed by atoms with van der Waals surface area (Å²) in [5.41, 5.74) is 3.32. The van der Waals surface area contributed by atoms with Crippen molar-refractivity contribution in [3.8, 4) is 11.1 Å². The predicted molar refractivity (Wildman–Crippen MR) is 127 cm³/mol. The molecule has 0 fully saturated rings. The van der Waals surface area contributed by atoms with Gasteiger partial charge in [0.1, 0.15) is 17.5 Å². The van der Waals surface area contributed by atoms with E-state index in [9.17, 15) is 26.4 Å². The van der Waals surface area contributed by atoms with Crippen LogP contribution in [0.4, 0.5) is 24.7 Å². The van der Waals surface area contributed by atoms with Crippen LogP contribution in [0.2, 0.25) is 0 Å². The summed E-state index contributed by atoms with van der Waals surface area (Å²) in [6.07, 6.45) is 1.58. The van der Waals surface area contributed by atoms with Crippen LogP contribution in [0.15, 0.2) is 64.4 Å². The number of nitrogens with zero attached hydrogens (tertiary/aromatic N) is 3. The second-order valence-electron chi connectivity index (χ2n) is 7.35. The van der Waals surface area contributed by atoms with Gasteiger partial charge in [-0.15, -0.1) is 11.3 Å². The number of aryl methyl sites for hydroxylation is 1. The Morgan fingerprint density at radius 3 is 2.47 bits per heavy atom. The number of nitrogens with one attached hydrogen (secondary N) is 1. The zero-order valence-electron chi connectivity index (χ0n) is 18.5. The molecular weight excluding hydrogens is 517 g/mol. The average Bonchev–Trinajstić information content (AvgIpc) is 3.35. The van der Waals surface area contributed by atoms with Crippen LogP contribution in [0.25, 0.3) is 11.1 Å². The van der Waals surface area contributed by atoms with E-state index in [4.69, 9.17) is 0 Å². The molecule has 0 aliphatic carbocycles. The lowest BCUT2D eigenvalue weighted by Crippen LogP contribution is -2.32. The highest BCUT2D eigenvalue weighted by atomic mass is 32.2. The monoisotopic (exact) mass is 534 g/mol. The van der Waals surface area contributed by atoms with Gasteiger partial charge < -0.3 is 10.2 Å². The first-order valence-corrected chi connectivity index (χ1v) is 12.6. The molecule has 8 nitrogen and oxygen atoms in total. The summed E-state index contributed by atoms with van der Waals surface area (Å²) in [6.45, 7) is 1.42. The van der Waals surface area contributed by atoms with Crippen LogP contribution < -0.4 is 9.79 Å². The van der Waals surface area contributed by atoms with Gasteiger partial charge in [0.25, 0.3) is 0 Å². The molecule has 0 unspecified atom stereocenters. The van der Waals surface area contributed by atoms with Crippen molar-refractivity contribution in [2.75, 3.05) is 9.79 Å². The van der Waals surface area contributed by atoms with Crippen molar-refractivity contribution in [1.82, 2.24) is 9.97 Å². The predicted octanol–water partition coefficient (Wildman–Crippen LogP) is 4.83. The Labute approximate surface area is 208 Å². The number of hydrogen-bond donors (Lipinski definition) is 1. The normalized spacial score (nSPS) is 11.2. The van der Waals surface area contributed by atoms with Gasteiger partial charge in [-0.2, -0.15) is 8.42 Å². The quantitative estimate of drug-likeness (QED) is 0.243. The highest BCUT2D eigenvalue weighted by Gasteiger charge is 2.34. The van der Waals surface area contributed by atoms with Crippen molar-refractivity contribution in [2.24, 2.45) is 0 Å². The number of benzene rings is 2. The fourth-order valence-electron chi connectivity index (χ4n) is 3.47. The summed E-state index contributed by atoms with van der Waals surface area (Å²) in [6, 6.07) is 9.46. The Kier molecular flexibility index (Phi) is 7.22. The van der Waals surface area contributed by atoms with Crippen molar-refractivity contribution in [1.29, 1.82) is 0 Å². The Hall–Kier alpha value is -3.97. The van der Waals surface area contributed by atoms with Gasteiger partial charge >= 0.3 is 16.5 Å². The maximum absolute atomic E-state index is 14.9. The van der Waals surface area contributed by atoms with E-state index in [1.165, 1.54) is 17.0 Å². The van der Waals surface area contributed by atoms with Gasteiger partial charge in [-0.1, -0.05) is 16.6 Å². The van der Waals surface area contributed by atoms with E-state index in [-0.39, 0.29) is 34.6 Å². The van der Waals surface area contributed by atoms with E-state index in [0.717, 1.165) is 29.2 Å². The van der Waals surface area contributed by atoms with E-state index in [1.54, 1.807) is 37.4 Å². The minimum absolute atomic E-state index is 0.0213. The first kappa shape index (κ1) is 25.1. The Morgan fingerprint density at radius 1 is 1.08 bits per heavy atom. The molecule has 1 N–H and O–H groups in total. The maximum atomic E-state index is 14.9. The smallest absolute Gasteiger partial charge is 0.322 e. The zero-order chi connectivity index (χ0) is 25.9. The minimum atomic E-state index is -5.00. The van der Waals surface area contributed by atoms with Crippen LogP contribution in [-0.2, 0) is 26.2 Å². The fraction of sp³-hybridized carbons (Fsp3) is 0.0870. The summed E-state index contributed by atoms with van der Waals surface area (Å²) >= 11 is 0.977. The maximum Gasteiger partial charge on any atom is 0.322 e. The van der Waals surface area contributed by atoms with E-state index < -0.39 is 32.4 Å². The lowest BCUT2D eigenvalue weighted by atomic mass is 9.99. The third-order valence-corrected chi connectivity index (χ3v) is 7.21. The highest BCUT2D eigenvalue weighted by Crippen LogP contribution is 2.31. The summed E-state index contributed by atoms with van der Waals surface area (Å²) in [5, 5.41) is 3.94. The van der Waals surface area contributed by atoms with Crippen molar-refractivity contribution in [2.45, 2.75) is 18.4 Å². The number of rotatable bonds is 9. The van der Waals surface area contributed by atoms with Gasteiger partial charge in [0.2, 0.25) is 0 Å². The molecule has 0 spiro atoms. The lowest BCUT2D eigenvalue weighted by molar-refractivity contribution is -0.128. The SMILES string of the molecule is Cc1cc(-c2cccc(F)c2CNc2cc(F)c(S(=O)(=O)N(OC=O)c3cscn3)c(F)c2)ccn1. The number of sulfonamides is 1. The number of thiazole rings is 1. The molecule has 0 aliphatic rings. The molecule has 0 atom stereocenters. The fourth-order valence-corrected chi connectivity index (χ4v) is 5.32. The standard InChI is InChI=1S/C23H17F3N4O4S2/c1-14-7-15(5-6-27-14)17-3-2-4-19(24)18(17)10-28-16-8-20(25)23(21(26)9-16)36(32,33)30(34-13-31)22-11-35-12-29-22/h2-9,11-13,28H,10H2,1H3. The second-order valence-corrected chi connectivity index (χ2v) is 9.76. The Balaban J connectivity index is 1.65. The van der Waals surface area contributed by atoms with Crippen LogP contribution in [0.3, 0.4) is 0 Å². The van der Waals surface area contributed by atoms with E-state index in [2.05, 4.69) is 20.1 Å².